The number of hydrogen-bond acceptors (Lipinski definition) is 5. The van der Waals surface area contributed by atoms with Crippen LogP contribution in [0.15, 0.2) is 12.4 Å². The summed E-state index contributed by atoms with van der Waals surface area (Å²) in [5.41, 5.74) is -1.28. The molecule has 1 aromatic rings. The molecule has 1 aromatic heterocycles. The van der Waals surface area contributed by atoms with Crippen LogP contribution in [0, 0.1) is 11.3 Å². The molecule has 6 nitrogen and oxygen atoms in total. The van der Waals surface area contributed by atoms with Crippen molar-refractivity contribution in [2.75, 3.05) is 6.61 Å². The van der Waals surface area contributed by atoms with E-state index in [0.717, 1.165) is 0 Å². The predicted molar refractivity (Wildman–Crippen MR) is 76.9 cm³/mol. The second-order valence-corrected chi connectivity index (χ2v) is 5.60. The fraction of sp³-hybridized carbons (Fsp3) is 0.571. The lowest BCUT2D eigenvalue weighted by atomic mass is 9.76. The van der Waals surface area contributed by atoms with Crippen molar-refractivity contribution in [1.82, 2.24) is 9.97 Å². The third-order valence-electron chi connectivity index (χ3n) is 2.99. The van der Waals surface area contributed by atoms with Gasteiger partial charge in [-0.15, -0.1) is 0 Å². The fourth-order valence-corrected chi connectivity index (χ4v) is 2.28. The highest BCUT2D eigenvalue weighted by Crippen LogP contribution is 2.32. The Hall–Kier alpha value is -1.69. The third-order valence-corrected chi connectivity index (χ3v) is 3.18. The van der Waals surface area contributed by atoms with Gasteiger partial charge in [0.05, 0.1) is 24.7 Å². The smallest absolute Gasteiger partial charge is 0.323 e. The van der Waals surface area contributed by atoms with Crippen LogP contribution in [0.25, 0.3) is 0 Å². The van der Waals surface area contributed by atoms with Gasteiger partial charge in [0, 0.05) is 6.42 Å². The van der Waals surface area contributed by atoms with Gasteiger partial charge in [-0.25, -0.2) is 4.98 Å². The number of aliphatic carboxylic acids is 1. The Morgan fingerprint density at radius 1 is 1.38 bits per heavy atom. The predicted octanol–water partition coefficient (Wildman–Crippen LogP) is 2.35. The number of hydrogen-bond donors (Lipinski definition) is 1. The van der Waals surface area contributed by atoms with Gasteiger partial charge in [-0.3, -0.25) is 14.6 Å². The van der Waals surface area contributed by atoms with E-state index < -0.39 is 17.4 Å². The average Bonchev–Trinajstić information content (AvgIpc) is 2.40. The summed E-state index contributed by atoms with van der Waals surface area (Å²) in [6, 6.07) is 0. The lowest BCUT2D eigenvalue weighted by Gasteiger charge is -2.28. The molecule has 0 saturated carbocycles. The second kappa shape index (κ2) is 7.36. The first kappa shape index (κ1) is 17.4. The zero-order valence-corrected chi connectivity index (χ0v) is 13.1. The van der Waals surface area contributed by atoms with Gasteiger partial charge < -0.3 is 9.84 Å². The van der Waals surface area contributed by atoms with E-state index in [1.807, 2.05) is 13.8 Å². The van der Waals surface area contributed by atoms with E-state index in [2.05, 4.69) is 9.97 Å². The lowest BCUT2D eigenvalue weighted by Crippen LogP contribution is -2.44. The Balaban J connectivity index is 3.17. The summed E-state index contributed by atoms with van der Waals surface area (Å²) in [4.78, 5) is 31.9. The standard InChI is InChI=1S/C14H19ClN2O4/c1-4-21-13(20)14(12(18)19,5-9(2)3)6-10-7-17-11(15)8-16-10/h7-9H,4-6H2,1-3H3,(H,18,19). The maximum Gasteiger partial charge on any atom is 0.323 e. The largest absolute Gasteiger partial charge is 0.480 e. The number of nitrogens with zero attached hydrogens (tertiary/aromatic N) is 2. The van der Waals surface area contributed by atoms with Crippen LogP contribution < -0.4 is 0 Å². The van der Waals surface area contributed by atoms with Crippen LogP contribution in [0.4, 0.5) is 0 Å². The Labute approximate surface area is 128 Å². The SMILES string of the molecule is CCOC(=O)C(Cc1cnc(Cl)cn1)(CC(C)C)C(=O)O. The summed E-state index contributed by atoms with van der Waals surface area (Å²) in [5, 5.41) is 9.82. The number of carbonyl (C=O) groups excluding carboxylic acids is 1. The quantitative estimate of drug-likeness (QED) is 0.614. The van der Waals surface area contributed by atoms with Crippen molar-refractivity contribution in [3.63, 3.8) is 0 Å². The molecule has 0 saturated heterocycles. The molecule has 116 valence electrons. The number of esters is 1. The molecule has 0 fully saturated rings. The number of aromatic nitrogens is 2. The van der Waals surface area contributed by atoms with Crippen molar-refractivity contribution >= 4 is 23.5 Å². The molecular weight excluding hydrogens is 296 g/mol. The van der Waals surface area contributed by atoms with Crippen LogP contribution in [0.5, 0.6) is 0 Å². The molecule has 1 heterocycles. The van der Waals surface area contributed by atoms with E-state index in [4.69, 9.17) is 16.3 Å². The molecule has 1 rings (SSSR count). The van der Waals surface area contributed by atoms with E-state index >= 15 is 0 Å². The Kier molecular flexibility index (Phi) is 6.08. The van der Waals surface area contributed by atoms with Crippen molar-refractivity contribution in [2.24, 2.45) is 11.3 Å². The molecule has 0 aromatic carbocycles. The molecule has 1 N–H and O–H groups in total. The molecule has 1 unspecified atom stereocenters. The fourth-order valence-electron chi connectivity index (χ4n) is 2.18. The van der Waals surface area contributed by atoms with Crippen LogP contribution in [0.1, 0.15) is 32.9 Å². The van der Waals surface area contributed by atoms with Gasteiger partial charge in [-0.2, -0.15) is 0 Å². The third kappa shape index (κ3) is 4.39. The molecule has 7 heteroatoms. The van der Waals surface area contributed by atoms with Gasteiger partial charge in [0.15, 0.2) is 5.41 Å². The molecule has 0 aliphatic rings. The first-order valence-corrected chi connectivity index (χ1v) is 7.06. The maximum atomic E-state index is 12.2. The summed E-state index contributed by atoms with van der Waals surface area (Å²) < 4.78 is 4.97. The molecular formula is C14H19ClN2O4. The van der Waals surface area contributed by atoms with E-state index in [-0.39, 0.29) is 30.5 Å². The van der Waals surface area contributed by atoms with E-state index in [1.54, 1.807) is 6.92 Å². The number of carboxylic acid groups (broad SMARTS) is 1. The van der Waals surface area contributed by atoms with E-state index in [0.29, 0.717) is 5.69 Å². The van der Waals surface area contributed by atoms with Crippen LogP contribution in [-0.4, -0.2) is 33.6 Å². The number of ether oxygens (including phenoxy) is 1. The van der Waals surface area contributed by atoms with Gasteiger partial charge in [0.25, 0.3) is 0 Å². The summed E-state index contributed by atoms with van der Waals surface area (Å²) >= 11 is 5.66. The van der Waals surface area contributed by atoms with Crippen molar-refractivity contribution in [3.05, 3.63) is 23.2 Å². The minimum absolute atomic E-state index is 0.00534. The Bertz CT molecular complexity index is 504. The summed E-state index contributed by atoms with van der Waals surface area (Å²) in [6.45, 7) is 5.47. The van der Waals surface area contributed by atoms with E-state index in [1.165, 1.54) is 12.4 Å². The minimum atomic E-state index is -1.66. The molecule has 0 aliphatic carbocycles. The first-order valence-electron chi connectivity index (χ1n) is 6.69. The Morgan fingerprint density at radius 3 is 2.48 bits per heavy atom. The molecule has 0 spiro atoms. The average molecular weight is 315 g/mol. The van der Waals surface area contributed by atoms with Crippen molar-refractivity contribution in [1.29, 1.82) is 0 Å². The summed E-state index contributed by atoms with van der Waals surface area (Å²) in [7, 11) is 0. The van der Waals surface area contributed by atoms with Gasteiger partial charge >= 0.3 is 11.9 Å². The topological polar surface area (TPSA) is 89.4 Å². The molecule has 0 amide bonds. The highest BCUT2D eigenvalue weighted by Gasteiger charge is 2.48. The maximum absolute atomic E-state index is 12.2. The second-order valence-electron chi connectivity index (χ2n) is 5.21. The summed E-state index contributed by atoms with van der Waals surface area (Å²) in [5.74, 6) is -1.96. The number of carbonyl (C=O) groups is 2. The van der Waals surface area contributed by atoms with Crippen LogP contribution in [-0.2, 0) is 20.7 Å². The molecule has 21 heavy (non-hydrogen) atoms. The number of carboxylic acids is 1. The first-order chi connectivity index (χ1) is 9.81. The lowest BCUT2D eigenvalue weighted by molar-refractivity contribution is -0.170. The molecule has 0 aliphatic heterocycles. The Morgan fingerprint density at radius 2 is 2.05 bits per heavy atom. The minimum Gasteiger partial charge on any atom is -0.480 e. The molecule has 0 bridgehead atoms. The number of rotatable bonds is 7. The van der Waals surface area contributed by atoms with Gasteiger partial charge in [-0.05, 0) is 19.3 Å². The monoisotopic (exact) mass is 314 g/mol. The van der Waals surface area contributed by atoms with Gasteiger partial charge in [0.2, 0.25) is 0 Å². The van der Waals surface area contributed by atoms with Crippen molar-refractivity contribution in [2.45, 2.75) is 33.6 Å². The van der Waals surface area contributed by atoms with Crippen LogP contribution >= 0.6 is 11.6 Å². The van der Waals surface area contributed by atoms with Crippen molar-refractivity contribution in [3.8, 4) is 0 Å². The summed E-state index contributed by atoms with van der Waals surface area (Å²) in [6.07, 6.45) is 2.78. The molecule has 1 atom stereocenters. The van der Waals surface area contributed by atoms with Gasteiger partial charge in [-0.1, -0.05) is 25.4 Å². The van der Waals surface area contributed by atoms with Crippen molar-refractivity contribution < 1.29 is 19.4 Å². The van der Waals surface area contributed by atoms with Gasteiger partial charge in [0.1, 0.15) is 5.15 Å². The van der Waals surface area contributed by atoms with Crippen LogP contribution in [0.3, 0.4) is 0 Å². The highest BCUT2D eigenvalue weighted by atomic mass is 35.5. The highest BCUT2D eigenvalue weighted by molar-refractivity contribution is 6.29. The van der Waals surface area contributed by atoms with Crippen LogP contribution in [0.2, 0.25) is 5.15 Å². The molecule has 0 radical (unpaired) electrons. The number of halogens is 1. The van der Waals surface area contributed by atoms with E-state index in [9.17, 15) is 14.7 Å². The zero-order chi connectivity index (χ0) is 16.0. The zero-order valence-electron chi connectivity index (χ0n) is 12.3. The normalized spacial score (nSPS) is 13.8.